The Kier molecular flexibility index (Phi) is 4.71. The number of carbonyl (C=O) groups excluding carboxylic acids is 2. The summed E-state index contributed by atoms with van der Waals surface area (Å²) in [4.78, 5) is 37.9. The Morgan fingerprint density at radius 1 is 1.30 bits per heavy atom. The van der Waals surface area contributed by atoms with Crippen molar-refractivity contribution in [1.82, 2.24) is 9.80 Å². The third-order valence-corrected chi connectivity index (χ3v) is 4.27. The number of methoxy groups -OCH3 is 1. The maximum Gasteiger partial charge on any atom is 0.331 e. The zero-order valence-electron chi connectivity index (χ0n) is 11.0. The highest BCUT2D eigenvalue weighted by molar-refractivity contribution is 7.99. The monoisotopic (exact) mass is 304 g/mol. The van der Waals surface area contributed by atoms with Gasteiger partial charge >= 0.3 is 18.0 Å². The Morgan fingerprint density at radius 3 is 2.70 bits per heavy atom. The van der Waals surface area contributed by atoms with E-state index in [4.69, 9.17) is 9.84 Å². The molecule has 2 aliphatic rings. The number of hydrogen-bond acceptors (Lipinski definition) is 6. The van der Waals surface area contributed by atoms with E-state index in [-0.39, 0.29) is 13.2 Å². The van der Waals surface area contributed by atoms with Crippen LogP contribution in [0.3, 0.4) is 0 Å². The first-order valence-electron chi connectivity index (χ1n) is 6.09. The van der Waals surface area contributed by atoms with E-state index in [0.29, 0.717) is 18.2 Å². The molecule has 2 aliphatic heterocycles. The van der Waals surface area contributed by atoms with E-state index >= 15 is 0 Å². The quantitative estimate of drug-likeness (QED) is 0.683. The van der Waals surface area contributed by atoms with Crippen LogP contribution in [0.5, 0.6) is 0 Å². The van der Waals surface area contributed by atoms with E-state index in [9.17, 15) is 14.4 Å². The predicted octanol–water partition coefficient (Wildman–Crippen LogP) is -0.560. The second kappa shape index (κ2) is 6.31. The van der Waals surface area contributed by atoms with Gasteiger partial charge in [0.05, 0.1) is 26.2 Å². The summed E-state index contributed by atoms with van der Waals surface area (Å²) in [6.45, 7) is 0.626. The minimum atomic E-state index is -1.04. The van der Waals surface area contributed by atoms with Crippen LogP contribution in [0.15, 0.2) is 0 Å². The highest BCUT2D eigenvalue weighted by Crippen LogP contribution is 2.24. The zero-order valence-corrected chi connectivity index (χ0v) is 11.8. The molecule has 2 heterocycles. The molecule has 0 saturated carbocycles. The van der Waals surface area contributed by atoms with Crippen LogP contribution in [0.2, 0.25) is 0 Å². The molecule has 2 amide bonds. The molecule has 2 rings (SSSR count). The molecule has 20 heavy (non-hydrogen) atoms. The average Bonchev–Trinajstić information content (AvgIpc) is 2.95. The van der Waals surface area contributed by atoms with Gasteiger partial charge in [-0.1, -0.05) is 0 Å². The van der Waals surface area contributed by atoms with Gasteiger partial charge in [-0.25, -0.2) is 14.4 Å². The van der Waals surface area contributed by atoms with Crippen LogP contribution in [0.25, 0.3) is 0 Å². The molecule has 0 radical (unpaired) electrons. The van der Waals surface area contributed by atoms with E-state index in [1.54, 1.807) is 0 Å². The van der Waals surface area contributed by atoms with Gasteiger partial charge in [0.25, 0.3) is 0 Å². The lowest BCUT2D eigenvalue weighted by Gasteiger charge is -2.36. The lowest BCUT2D eigenvalue weighted by Crippen LogP contribution is -2.58. The highest BCUT2D eigenvalue weighted by atomic mass is 32.2. The molecule has 2 saturated heterocycles. The Balaban J connectivity index is 2.13. The van der Waals surface area contributed by atoms with Gasteiger partial charge in [0, 0.05) is 12.3 Å². The predicted molar refractivity (Wildman–Crippen MR) is 69.3 cm³/mol. The number of nitrogens with zero attached hydrogens (tertiary/aromatic N) is 2. The summed E-state index contributed by atoms with van der Waals surface area (Å²) in [7, 11) is 1.24. The minimum absolute atomic E-state index is 0.0666. The Morgan fingerprint density at radius 2 is 2.05 bits per heavy atom. The van der Waals surface area contributed by atoms with E-state index < -0.39 is 30.1 Å². The van der Waals surface area contributed by atoms with Crippen molar-refractivity contribution >= 4 is 29.7 Å². The van der Waals surface area contributed by atoms with Crippen molar-refractivity contribution in [2.45, 2.75) is 12.1 Å². The fourth-order valence-electron chi connectivity index (χ4n) is 2.16. The lowest BCUT2D eigenvalue weighted by molar-refractivity contribution is -0.151. The van der Waals surface area contributed by atoms with Crippen molar-refractivity contribution < 1.29 is 29.0 Å². The number of esters is 1. The normalized spacial score (nSPS) is 26.4. The van der Waals surface area contributed by atoms with Gasteiger partial charge in [0.2, 0.25) is 0 Å². The number of carbonyl (C=O) groups is 3. The number of morpholine rings is 1. The van der Waals surface area contributed by atoms with Gasteiger partial charge in [-0.05, 0) is 0 Å². The van der Waals surface area contributed by atoms with E-state index in [1.807, 2.05) is 0 Å². The number of hydrogen-bond donors (Lipinski definition) is 1. The molecule has 2 fully saturated rings. The van der Waals surface area contributed by atoms with Gasteiger partial charge < -0.3 is 24.4 Å². The van der Waals surface area contributed by atoms with Crippen LogP contribution in [0.1, 0.15) is 0 Å². The number of carboxylic acids is 1. The van der Waals surface area contributed by atoms with Crippen molar-refractivity contribution in [2.75, 3.05) is 38.5 Å². The summed E-state index contributed by atoms with van der Waals surface area (Å²) >= 11 is 1.38. The van der Waals surface area contributed by atoms with Crippen molar-refractivity contribution in [3.63, 3.8) is 0 Å². The maximum absolute atomic E-state index is 12.5. The number of thioether (sulfide) groups is 1. The minimum Gasteiger partial charge on any atom is -0.480 e. The topological polar surface area (TPSA) is 96.4 Å². The smallest absolute Gasteiger partial charge is 0.331 e. The third-order valence-electron chi connectivity index (χ3n) is 3.26. The van der Waals surface area contributed by atoms with Gasteiger partial charge in [0.15, 0.2) is 6.04 Å². The Labute approximate surface area is 120 Å². The second-order valence-corrected chi connectivity index (χ2v) is 5.41. The summed E-state index contributed by atoms with van der Waals surface area (Å²) < 4.78 is 9.84. The zero-order chi connectivity index (χ0) is 14.7. The fraction of sp³-hybridized carbons (Fsp3) is 0.727. The molecule has 0 aliphatic carbocycles. The molecule has 0 aromatic carbocycles. The average molecular weight is 304 g/mol. The van der Waals surface area contributed by atoms with Crippen molar-refractivity contribution in [3.8, 4) is 0 Å². The van der Waals surface area contributed by atoms with Crippen LogP contribution >= 0.6 is 11.8 Å². The largest absolute Gasteiger partial charge is 0.480 e. The van der Waals surface area contributed by atoms with Gasteiger partial charge in [-0.3, -0.25) is 0 Å². The number of aliphatic carboxylic acids is 1. The highest BCUT2D eigenvalue weighted by Gasteiger charge is 2.41. The molecule has 0 aromatic heterocycles. The van der Waals surface area contributed by atoms with E-state index in [2.05, 4.69) is 4.74 Å². The molecule has 2 atom stereocenters. The first-order valence-corrected chi connectivity index (χ1v) is 7.25. The number of rotatable bonds is 2. The summed E-state index contributed by atoms with van der Waals surface area (Å²) in [6, 6.07) is -2.13. The fourth-order valence-corrected chi connectivity index (χ4v) is 3.30. The maximum atomic E-state index is 12.5. The first-order chi connectivity index (χ1) is 9.56. The van der Waals surface area contributed by atoms with Crippen LogP contribution in [-0.4, -0.2) is 83.5 Å². The molecule has 8 nitrogen and oxygen atoms in total. The standard InChI is InChI=1S/C11H16N2O6S/c1-18-10(16)7-4-19-3-2-12(7)11(17)13-6-20-5-8(13)9(14)15/h7-8H,2-6H2,1H3,(H,14,15)/t7?,8-/m0/s1. The summed E-state index contributed by atoms with van der Waals surface area (Å²) in [5.74, 6) is -0.932. The molecule has 112 valence electrons. The number of carboxylic acid groups (broad SMARTS) is 1. The molecule has 0 aromatic rings. The van der Waals surface area contributed by atoms with Crippen LogP contribution in [0, 0.1) is 0 Å². The van der Waals surface area contributed by atoms with Gasteiger partial charge in [0.1, 0.15) is 6.04 Å². The summed E-state index contributed by atoms with van der Waals surface area (Å²) in [6.07, 6.45) is 0. The lowest BCUT2D eigenvalue weighted by atomic mass is 10.2. The second-order valence-electron chi connectivity index (χ2n) is 4.41. The molecule has 1 unspecified atom stereocenters. The summed E-state index contributed by atoms with van der Waals surface area (Å²) in [5.41, 5.74) is 0. The molecule has 0 spiro atoms. The van der Waals surface area contributed by atoms with Crippen LogP contribution < -0.4 is 0 Å². The third kappa shape index (κ3) is 2.83. The van der Waals surface area contributed by atoms with Crippen molar-refractivity contribution in [2.24, 2.45) is 0 Å². The van der Waals surface area contributed by atoms with Crippen molar-refractivity contribution in [1.29, 1.82) is 0 Å². The number of amides is 2. The van der Waals surface area contributed by atoms with Crippen LogP contribution in [0.4, 0.5) is 4.79 Å². The Hall–Kier alpha value is -1.48. The number of ether oxygens (including phenoxy) is 2. The molecular weight excluding hydrogens is 288 g/mol. The molecular formula is C11H16N2O6S. The summed E-state index contributed by atoms with van der Waals surface area (Å²) in [5, 5.41) is 9.11. The molecule has 9 heteroatoms. The van der Waals surface area contributed by atoms with Crippen molar-refractivity contribution in [3.05, 3.63) is 0 Å². The molecule has 1 N–H and O–H groups in total. The van der Waals surface area contributed by atoms with Gasteiger partial charge in [-0.15, -0.1) is 11.8 Å². The number of urea groups is 1. The SMILES string of the molecule is COC(=O)C1COCCN1C(=O)N1CSC[C@H]1C(=O)O. The molecule has 0 bridgehead atoms. The Bertz CT molecular complexity index is 418. The first kappa shape index (κ1) is 14.9. The van der Waals surface area contributed by atoms with Crippen LogP contribution in [-0.2, 0) is 19.1 Å². The van der Waals surface area contributed by atoms with Gasteiger partial charge in [-0.2, -0.15) is 0 Å². The van der Waals surface area contributed by atoms with E-state index in [0.717, 1.165) is 0 Å². The van der Waals surface area contributed by atoms with E-state index in [1.165, 1.54) is 28.7 Å².